The van der Waals surface area contributed by atoms with Crippen molar-refractivity contribution in [3.63, 3.8) is 0 Å². The first-order chi connectivity index (χ1) is 8.29. The van der Waals surface area contributed by atoms with Crippen LogP contribution < -0.4 is 0 Å². The lowest BCUT2D eigenvalue weighted by Crippen LogP contribution is -2.62. The predicted molar refractivity (Wildman–Crippen MR) is 54.9 cm³/mol. The van der Waals surface area contributed by atoms with Crippen molar-refractivity contribution >= 4 is 5.97 Å². The molecule has 0 aromatic carbocycles. The highest BCUT2D eigenvalue weighted by Crippen LogP contribution is 2.52. The molecule has 2 bridgehead atoms. The van der Waals surface area contributed by atoms with Gasteiger partial charge >= 0.3 is 5.97 Å². The van der Waals surface area contributed by atoms with E-state index in [1.807, 2.05) is 0 Å². The number of esters is 1. The van der Waals surface area contributed by atoms with Crippen LogP contribution in [0.15, 0.2) is 0 Å². The number of carbonyl (C=O) groups excluding carboxylic acids is 1. The average molecular weight is 240 g/mol. The molecule has 5 heteroatoms. The molecule has 5 unspecified atom stereocenters. The Kier molecular flexibility index (Phi) is 2.08. The molecule has 17 heavy (non-hydrogen) atoms. The molecule has 3 aliphatic heterocycles. The lowest BCUT2D eigenvalue weighted by molar-refractivity contribution is -0.254. The molecule has 1 spiro atoms. The van der Waals surface area contributed by atoms with Crippen LogP contribution in [0.25, 0.3) is 0 Å². The van der Waals surface area contributed by atoms with Crippen molar-refractivity contribution in [2.45, 2.75) is 56.4 Å². The highest BCUT2D eigenvalue weighted by atomic mass is 16.9. The zero-order valence-electron chi connectivity index (χ0n) is 9.59. The topological polar surface area (TPSA) is 54.0 Å². The van der Waals surface area contributed by atoms with E-state index in [0.29, 0.717) is 13.0 Å². The Hall–Kier alpha value is -0.650. The fourth-order valence-electron chi connectivity index (χ4n) is 3.88. The summed E-state index contributed by atoms with van der Waals surface area (Å²) in [4.78, 5) is 11.6. The van der Waals surface area contributed by atoms with E-state index in [2.05, 4.69) is 0 Å². The molecule has 0 amide bonds. The molecule has 4 rings (SSSR count). The molecular formula is C12H16O5. The van der Waals surface area contributed by atoms with Crippen molar-refractivity contribution in [2.75, 3.05) is 6.61 Å². The van der Waals surface area contributed by atoms with Gasteiger partial charge < -0.3 is 18.9 Å². The van der Waals surface area contributed by atoms with Gasteiger partial charge in [-0.15, -0.1) is 0 Å². The molecule has 5 nitrogen and oxygen atoms in total. The van der Waals surface area contributed by atoms with Gasteiger partial charge in [-0.1, -0.05) is 6.42 Å². The van der Waals surface area contributed by atoms with Gasteiger partial charge in [0, 0.05) is 12.3 Å². The van der Waals surface area contributed by atoms with E-state index < -0.39 is 12.1 Å². The van der Waals surface area contributed by atoms with Crippen LogP contribution >= 0.6 is 0 Å². The van der Waals surface area contributed by atoms with Crippen LogP contribution in [0.1, 0.15) is 32.1 Å². The second-order valence-electron chi connectivity index (χ2n) is 5.35. The maximum Gasteiger partial charge on any atom is 0.306 e. The summed E-state index contributed by atoms with van der Waals surface area (Å²) in [5.74, 6) is 0.138. The number of carbonyl (C=O) groups is 1. The first-order valence-electron chi connectivity index (χ1n) is 6.43. The quantitative estimate of drug-likeness (QED) is 0.590. The van der Waals surface area contributed by atoms with E-state index in [1.54, 1.807) is 0 Å². The maximum atomic E-state index is 11.6. The Morgan fingerprint density at radius 3 is 3.06 bits per heavy atom. The minimum Gasteiger partial charge on any atom is -0.459 e. The van der Waals surface area contributed by atoms with Gasteiger partial charge in [-0.2, -0.15) is 0 Å². The lowest BCUT2D eigenvalue weighted by atomic mass is 9.67. The molecule has 3 saturated heterocycles. The van der Waals surface area contributed by atoms with Crippen LogP contribution in [0.2, 0.25) is 0 Å². The van der Waals surface area contributed by atoms with Crippen molar-refractivity contribution < 1.29 is 23.7 Å². The molecule has 0 radical (unpaired) electrons. The summed E-state index contributed by atoms with van der Waals surface area (Å²) in [5.41, 5.74) is -0.423. The summed E-state index contributed by atoms with van der Waals surface area (Å²) in [6.07, 6.45) is 4.12. The second kappa shape index (κ2) is 3.43. The molecule has 1 aliphatic carbocycles. The van der Waals surface area contributed by atoms with Crippen LogP contribution in [0.4, 0.5) is 0 Å². The number of hydrogen-bond acceptors (Lipinski definition) is 5. The predicted octanol–water partition coefficient (Wildman–Crippen LogP) is 0.960. The zero-order chi connectivity index (χ0) is 11.5. The average Bonchev–Trinajstić information content (AvgIpc) is 2.56. The Bertz CT molecular complexity index is 357. The van der Waals surface area contributed by atoms with E-state index in [1.165, 1.54) is 0 Å². The Morgan fingerprint density at radius 2 is 2.12 bits per heavy atom. The van der Waals surface area contributed by atoms with Gasteiger partial charge in [0.15, 0.2) is 0 Å². The van der Waals surface area contributed by atoms with Gasteiger partial charge in [0.2, 0.25) is 0 Å². The molecule has 3 heterocycles. The number of rotatable bonds is 0. The van der Waals surface area contributed by atoms with Gasteiger partial charge in [-0.25, -0.2) is 0 Å². The van der Waals surface area contributed by atoms with Gasteiger partial charge in [-0.05, 0) is 12.8 Å². The second-order valence-corrected chi connectivity index (χ2v) is 5.35. The standard InChI is InChI=1S/C12H16O5/c13-10-6-7-2-1-3-8-12(7)9(15-10)4-5-14-11(16-8)17-12/h7-9,11H,1-6H2. The normalized spacial score (nSPS) is 52.6. The Morgan fingerprint density at radius 1 is 1.18 bits per heavy atom. The number of hydrogen-bond donors (Lipinski definition) is 0. The fraction of sp³-hybridized carbons (Fsp3) is 0.917. The zero-order valence-corrected chi connectivity index (χ0v) is 9.59. The molecule has 94 valence electrons. The van der Waals surface area contributed by atoms with E-state index in [9.17, 15) is 4.79 Å². The third-order valence-corrected chi connectivity index (χ3v) is 4.56. The van der Waals surface area contributed by atoms with Crippen LogP contribution in [0, 0.1) is 5.92 Å². The van der Waals surface area contributed by atoms with Crippen LogP contribution in [0.3, 0.4) is 0 Å². The summed E-state index contributed by atoms with van der Waals surface area (Å²) in [5, 5.41) is 0. The SMILES string of the molecule is O=C1CC2CCCC3OC4OCCC(O1)C23O4. The van der Waals surface area contributed by atoms with Crippen LogP contribution in [-0.4, -0.2) is 36.9 Å². The molecular weight excluding hydrogens is 224 g/mol. The van der Waals surface area contributed by atoms with Gasteiger partial charge in [0.05, 0.1) is 19.1 Å². The minimum atomic E-state index is -0.553. The molecule has 0 aromatic rings. The van der Waals surface area contributed by atoms with Crippen molar-refractivity contribution in [1.29, 1.82) is 0 Å². The summed E-state index contributed by atoms with van der Waals surface area (Å²) in [6.45, 7) is -0.0218. The first kappa shape index (κ1) is 10.3. The first-order valence-corrected chi connectivity index (χ1v) is 6.43. The van der Waals surface area contributed by atoms with E-state index in [4.69, 9.17) is 18.9 Å². The summed E-state index contributed by atoms with van der Waals surface area (Å²) >= 11 is 0. The van der Waals surface area contributed by atoms with Gasteiger partial charge in [-0.3, -0.25) is 4.79 Å². The molecule has 1 saturated carbocycles. The molecule has 4 aliphatic rings. The van der Waals surface area contributed by atoms with Crippen molar-refractivity contribution in [2.24, 2.45) is 5.92 Å². The highest BCUT2D eigenvalue weighted by molar-refractivity contribution is 5.71. The van der Waals surface area contributed by atoms with Crippen molar-refractivity contribution in [3.05, 3.63) is 0 Å². The third-order valence-electron chi connectivity index (χ3n) is 4.56. The largest absolute Gasteiger partial charge is 0.459 e. The van der Waals surface area contributed by atoms with Gasteiger partial charge in [0.25, 0.3) is 6.48 Å². The number of fused-ring (bicyclic) bond motifs is 1. The van der Waals surface area contributed by atoms with Crippen molar-refractivity contribution in [1.82, 2.24) is 0 Å². The monoisotopic (exact) mass is 240 g/mol. The molecule has 0 aromatic heterocycles. The fourth-order valence-corrected chi connectivity index (χ4v) is 3.88. The number of ether oxygens (including phenoxy) is 4. The Labute approximate surface area is 99.3 Å². The highest BCUT2D eigenvalue weighted by Gasteiger charge is 2.65. The van der Waals surface area contributed by atoms with E-state index >= 15 is 0 Å². The molecule has 5 atom stereocenters. The van der Waals surface area contributed by atoms with E-state index in [-0.39, 0.29) is 24.1 Å². The summed E-state index contributed by atoms with van der Waals surface area (Å²) in [7, 11) is 0. The lowest BCUT2D eigenvalue weighted by Gasteiger charge is -2.49. The summed E-state index contributed by atoms with van der Waals surface area (Å²) in [6, 6.07) is 0. The van der Waals surface area contributed by atoms with Crippen molar-refractivity contribution in [3.8, 4) is 0 Å². The van der Waals surface area contributed by atoms with Crippen LogP contribution in [-0.2, 0) is 23.7 Å². The molecule has 4 fully saturated rings. The van der Waals surface area contributed by atoms with Crippen LogP contribution in [0.5, 0.6) is 0 Å². The smallest absolute Gasteiger partial charge is 0.306 e. The maximum absolute atomic E-state index is 11.6. The minimum absolute atomic E-state index is 0.0321. The van der Waals surface area contributed by atoms with E-state index in [0.717, 1.165) is 25.7 Å². The third kappa shape index (κ3) is 1.27. The molecule has 0 N–H and O–H groups in total. The summed E-state index contributed by atoms with van der Waals surface area (Å²) < 4.78 is 22.8. The van der Waals surface area contributed by atoms with Gasteiger partial charge in [0.1, 0.15) is 11.7 Å². The Balaban J connectivity index is 1.78.